The van der Waals surface area contributed by atoms with Crippen molar-refractivity contribution in [3.63, 3.8) is 0 Å². The Balaban J connectivity index is 2.26. The molecular weight excluding hydrogens is 396 g/mol. The van der Waals surface area contributed by atoms with Crippen molar-refractivity contribution in [2.75, 3.05) is 5.32 Å². The highest BCUT2D eigenvalue weighted by atomic mass is 79.9. The molecule has 1 aromatic carbocycles. The molecule has 20 heavy (non-hydrogen) atoms. The monoisotopic (exact) mass is 404 g/mol. The fourth-order valence-corrected chi connectivity index (χ4v) is 3.21. The van der Waals surface area contributed by atoms with E-state index < -0.39 is 17.9 Å². The molecule has 106 valence electrons. The van der Waals surface area contributed by atoms with Crippen molar-refractivity contribution >= 4 is 55.3 Å². The van der Waals surface area contributed by atoms with Crippen LogP contribution in [0.3, 0.4) is 0 Å². The van der Waals surface area contributed by atoms with Gasteiger partial charge < -0.3 is 15.7 Å². The lowest BCUT2D eigenvalue weighted by molar-refractivity contribution is -0.122. The fraction of sp³-hybridized carbons (Fsp3) is 0.250. The van der Waals surface area contributed by atoms with Gasteiger partial charge in [-0.1, -0.05) is 15.9 Å². The molecule has 0 saturated carbocycles. The molecule has 8 heteroatoms. The Bertz CT molecular complexity index is 603. The zero-order valence-electron chi connectivity index (χ0n) is 10.1. The average Bonchev–Trinajstić information content (AvgIpc) is 2.78. The molecule has 0 aromatic heterocycles. The van der Waals surface area contributed by atoms with Crippen molar-refractivity contribution in [3.8, 4) is 0 Å². The fourth-order valence-electron chi connectivity index (χ4n) is 1.89. The maximum absolute atomic E-state index is 12.0. The van der Waals surface area contributed by atoms with Gasteiger partial charge in [-0.15, -0.1) is 0 Å². The van der Waals surface area contributed by atoms with Gasteiger partial charge in [-0.05, 0) is 34.5 Å². The zero-order valence-corrected chi connectivity index (χ0v) is 13.2. The third-order valence-electron chi connectivity index (χ3n) is 2.85. The lowest BCUT2D eigenvalue weighted by Crippen LogP contribution is -2.37. The Hall–Kier alpha value is -1.41. The molecule has 0 spiro atoms. The first kappa shape index (κ1) is 15.0. The topological polar surface area (TPSA) is 95.5 Å². The first-order chi connectivity index (χ1) is 9.38. The first-order valence-electron chi connectivity index (χ1n) is 5.71. The summed E-state index contributed by atoms with van der Waals surface area (Å²) in [5.74, 6) is -1.77. The second kappa shape index (κ2) is 5.92. The van der Waals surface area contributed by atoms with Gasteiger partial charge in [0.1, 0.15) is 6.04 Å². The molecule has 1 aliphatic rings. The van der Waals surface area contributed by atoms with Crippen LogP contribution in [-0.4, -0.2) is 28.9 Å². The summed E-state index contributed by atoms with van der Waals surface area (Å²) >= 11 is 6.41. The number of hydrogen-bond donors (Lipinski definition) is 3. The maximum atomic E-state index is 12.0. The largest absolute Gasteiger partial charge is 0.478 e. The van der Waals surface area contributed by atoms with Crippen LogP contribution in [0, 0.1) is 0 Å². The van der Waals surface area contributed by atoms with Crippen LogP contribution < -0.4 is 10.6 Å². The molecule has 1 heterocycles. The third kappa shape index (κ3) is 3.18. The lowest BCUT2D eigenvalue weighted by Gasteiger charge is -2.14. The van der Waals surface area contributed by atoms with Gasteiger partial charge in [0, 0.05) is 15.4 Å². The number of halogens is 2. The van der Waals surface area contributed by atoms with E-state index >= 15 is 0 Å². The van der Waals surface area contributed by atoms with Crippen LogP contribution >= 0.6 is 31.9 Å². The Kier molecular flexibility index (Phi) is 4.44. The predicted octanol–water partition coefficient (Wildman–Crippen LogP) is 2.13. The van der Waals surface area contributed by atoms with E-state index in [1.165, 1.54) is 6.07 Å². The van der Waals surface area contributed by atoms with Crippen molar-refractivity contribution in [2.24, 2.45) is 0 Å². The van der Waals surface area contributed by atoms with E-state index in [1.54, 1.807) is 6.07 Å². The summed E-state index contributed by atoms with van der Waals surface area (Å²) in [6, 6.07) is 2.41. The van der Waals surface area contributed by atoms with Crippen LogP contribution in [-0.2, 0) is 9.59 Å². The number of carbonyl (C=O) groups excluding carboxylic acids is 2. The summed E-state index contributed by atoms with van der Waals surface area (Å²) in [5, 5.41) is 14.3. The molecule has 0 aliphatic carbocycles. The van der Waals surface area contributed by atoms with Gasteiger partial charge in [0.15, 0.2) is 0 Å². The van der Waals surface area contributed by atoms with Crippen LogP contribution in [0.15, 0.2) is 21.1 Å². The SMILES string of the molecule is O=C1CC[C@H](C(=O)Nc2c(Br)cc(Br)cc2C(=O)O)N1. The molecule has 1 saturated heterocycles. The first-order valence-corrected chi connectivity index (χ1v) is 7.29. The van der Waals surface area contributed by atoms with Crippen LogP contribution in [0.1, 0.15) is 23.2 Å². The number of rotatable bonds is 3. The highest BCUT2D eigenvalue weighted by molar-refractivity contribution is 9.11. The van der Waals surface area contributed by atoms with Crippen molar-refractivity contribution in [3.05, 3.63) is 26.6 Å². The number of anilines is 1. The molecule has 1 aliphatic heterocycles. The summed E-state index contributed by atoms with van der Waals surface area (Å²) < 4.78 is 1.02. The third-order valence-corrected chi connectivity index (χ3v) is 3.93. The molecule has 1 atom stereocenters. The van der Waals surface area contributed by atoms with Crippen molar-refractivity contribution < 1.29 is 19.5 Å². The van der Waals surface area contributed by atoms with Gasteiger partial charge >= 0.3 is 5.97 Å². The molecular formula is C12H10Br2N2O4. The van der Waals surface area contributed by atoms with E-state index in [0.29, 0.717) is 21.8 Å². The molecule has 1 fully saturated rings. The Morgan fingerprint density at radius 1 is 1.35 bits per heavy atom. The summed E-state index contributed by atoms with van der Waals surface area (Å²) in [6.07, 6.45) is 0.701. The minimum Gasteiger partial charge on any atom is -0.478 e. The Labute approximate surface area is 131 Å². The van der Waals surface area contributed by atoms with Gasteiger partial charge in [0.2, 0.25) is 11.8 Å². The smallest absolute Gasteiger partial charge is 0.337 e. The van der Waals surface area contributed by atoms with Gasteiger partial charge in [0.25, 0.3) is 0 Å². The summed E-state index contributed by atoms with van der Waals surface area (Å²) in [6.45, 7) is 0. The second-order valence-electron chi connectivity index (χ2n) is 4.26. The lowest BCUT2D eigenvalue weighted by atomic mass is 10.1. The van der Waals surface area contributed by atoms with Gasteiger partial charge in [0.05, 0.1) is 11.3 Å². The predicted molar refractivity (Wildman–Crippen MR) is 78.6 cm³/mol. The number of hydrogen-bond acceptors (Lipinski definition) is 3. The van der Waals surface area contributed by atoms with Gasteiger partial charge in [-0.25, -0.2) is 4.79 Å². The van der Waals surface area contributed by atoms with Crippen LogP contribution in [0.25, 0.3) is 0 Å². The highest BCUT2D eigenvalue weighted by Gasteiger charge is 2.28. The maximum Gasteiger partial charge on any atom is 0.337 e. The zero-order chi connectivity index (χ0) is 14.9. The molecule has 2 amide bonds. The van der Waals surface area contributed by atoms with Crippen LogP contribution in [0.5, 0.6) is 0 Å². The summed E-state index contributed by atoms with van der Waals surface area (Å²) in [4.78, 5) is 34.3. The summed E-state index contributed by atoms with van der Waals surface area (Å²) in [5.41, 5.74) is 0.135. The Morgan fingerprint density at radius 2 is 2.05 bits per heavy atom. The molecule has 0 bridgehead atoms. The average molecular weight is 406 g/mol. The van der Waals surface area contributed by atoms with Crippen LogP contribution in [0.4, 0.5) is 5.69 Å². The van der Waals surface area contributed by atoms with E-state index in [-0.39, 0.29) is 17.2 Å². The summed E-state index contributed by atoms with van der Waals surface area (Å²) in [7, 11) is 0. The van der Waals surface area contributed by atoms with E-state index in [2.05, 4.69) is 42.5 Å². The molecule has 2 rings (SSSR count). The molecule has 1 aromatic rings. The van der Waals surface area contributed by atoms with Crippen molar-refractivity contribution in [2.45, 2.75) is 18.9 Å². The molecule has 0 unspecified atom stereocenters. The number of carboxylic acid groups (broad SMARTS) is 1. The second-order valence-corrected chi connectivity index (χ2v) is 6.03. The number of carboxylic acids is 1. The number of benzene rings is 1. The normalized spacial score (nSPS) is 17.7. The van der Waals surface area contributed by atoms with E-state index in [4.69, 9.17) is 0 Å². The minimum atomic E-state index is -1.15. The van der Waals surface area contributed by atoms with Crippen molar-refractivity contribution in [1.82, 2.24) is 5.32 Å². The number of nitrogens with one attached hydrogen (secondary N) is 2. The Morgan fingerprint density at radius 3 is 2.60 bits per heavy atom. The van der Waals surface area contributed by atoms with E-state index in [0.717, 1.165) is 0 Å². The standard InChI is InChI=1S/C12H10Br2N2O4/c13-5-3-6(12(19)20)10(7(14)4-5)16-11(18)8-1-2-9(17)15-8/h3-4,8H,1-2H2,(H,15,17)(H,16,18)(H,19,20)/t8-/m1/s1. The molecule has 0 radical (unpaired) electrons. The van der Waals surface area contributed by atoms with Gasteiger partial charge in [-0.3, -0.25) is 9.59 Å². The number of carbonyl (C=O) groups is 3. The molecule has 6 nitrogen and oxygen atoms in total. The van der Waals surface area contributed by atoms with Crippen molar-refractivity contribution in [1.29, 1.82) is 0 Å². The van der Waals surface area contributed by atoms with Gasteiger partial charge in [-0.2, -0.15) is 0 Å². The quantitative estimate of drug-likeness (QED) is 0.717. The van der Waals surface area contributed by atoms with E-state index in [1.807, 2.05) is 0 Å². The van der Waals surface area contributed by atoms with Crippen LogP contribution in [0.2, 0.25) is 0 Å². The number of amides is 2. The van der Waals surface area contributed by atoms with E-state index in [9.17, 15) is 19.5 Å². The highest BCUT2D eigenvalue weighted by Crippen LogP contribution is 2.31. The minimum absolute atomic E-state index is 0.0380. The molecule has 3 N–H and O–H groups in total. The number of aromatic carboxylic acids is 1.